The van der Waals surface area contributed by atoms with E-state index in [0.29, 0.717) is 6.61 Å². The van der Waals surface area contributed by atoms with Gasteiger partial charge >= 0.3 is 0 Å². The lowest BCUT2D eigenvalue weighted by Crippen LogP contribution is -2.34. The van der Waals surface area contributed by atoms with Gasteiger partial charge in [-0.05, 0) is 71.8 Å². The Bertz CT molecular complexity index is 1040. The lowest BCUT2D eigenvalue weighted by Gasteiger charge is -2.42. The van der Waals surface area contributed by atoms with Crippen molar-refractivity contribution in [3.05, 3.63) is 95.6 Å². The summed E-state index contributed by atoms with van der Waals surface area (Å²) in [4.78, 5) is 0. The largest absolute Gasteiger partial charge is 0.508 e. The Hall–Kier alpha value is -3.28. The highest BCUT2D eigenvalue weighted by Crippen LogP contribution is 2.47. The van der Waals surface area contributed by atoms with E-state index in [4.69, 9.17) is 9.47 Å². The number of benzene rings is 3. The van der Waals surface area contributed by atoms with E-state index in [0.717, 1.165) is 29.5 Å². The molecule has 0 radical (unpaired) electrons. The molecule has 172 valence electrons. The SMILES string of the molecule is COC[C@@H]1C[C@@H](CC=Cc2ccc(O)cc2)[C@H](c2ccc(O)cc2)O[C@@H]1c1ccc(O)cc1. The number of allylic oxidation sites excluding steroid dienone is 1. The summed E-state index contributed by atoms with van der Waals surface area (Å²) in [5, 5.41) is 29.0. The molecular weight excluding hydrogens is 416 g/mol. The van der Waals surface area contributed by atoms with E-state index < -0.39 is 0 Å². The van der Waals surface area contributed by atoms with E-state index in [-0.39, 0.29) is 41.3 Å². The van der Waals surface area contributed by atoms with Gasteiger partial charge < -0.3 is 24.8 Å². The Labute approximate surface area is 194 Å². The summed E-state index contributed by atoms with van der Waals surface area (Å²) < 4.78 is 12.3. The molecule has 3 aromatic carbocycles. The molecule has 1 heterocycles. The van der Waals surface area contributed by atoms with Crippen LogP contribution in [-0.2, 0) is 9.47 Å². The van der Waals surface area contributed by atoms with Crippen LogP contribution >= 0.6 is 0 Å². The molecule has 0 unspecified atom stereocenters. The van der Waals surface area contributed by atoms with Crippen LogP contribution in [0, 0.1) is 11.8 Å². The van der Waals surface area contributed by atoms with Gasteiger partial charge in [0.1, 0.15) is 17.2 Å². The molecule has 1 aliphatic rings. The summed E-state index contributed by atoms with van der Waals surface area (Å²) in [5.74, 6) is 1.09. The van der Waals surface area contributed by atoms with E-state index in [1.807, 2.05) is 36.4 Å². The molecule has 0 amide bonds. The number of methoxy groups -OCH3 is 1. The molecule has 1 aliphatic heterocycles. The maximum absolute atomic E-state index is 9.77. The van der Waals surface area contributed by atoms with Crippen molar-refractivity contribution in [1.29, 1.82) is 0 Å². The zero-order chi connectivity index (χ0) is 23.2. The topological polar surface area (TPSA) is 79.2 Å². The first kappa shape index (κ1) is 22.9. The Kier molecular flexibility index (Phi) is 7.33. The second kappa shape index (κ2) is 10.6. The molecule has 0 aromatic heterocycles. The van der Waals surface area contributed by atoms with Gasteiger partial charge in [-0.1, -0.05) is 48.6 Å². The Morgan fingerprint density at radius 3 is 1.76 bits per heavy atom. The van der Waals surface area contributed by atoms with Crippen molar-refractivity contribution >= 4 is 6.08 Å². The third-order valence-corrected chi connectivity index (χ3v) is 6.22. The predicted octanol–water partition coefficient (Wildman–Crippen LogP) is 5.99. The fraction of sp³-hybridized carbons (Fsp3) is 0.286. The Balaban J connectivity index is 1.60. The van der Waals surface area contributed by atoms with Crippen molar-refractivity contribution in [1.82, 2.24) is 0 Å². The van der Waals surface area contributed by atoms with Gasteiger partial charge in [-0.2, -0.15) is 0 Å². The molecule has 33 heavy (non-hydrogen) atoms. The summed E-state index contributed by atoms with van der Waals surface area (Å²) >= 11 is 0. The number of hydrogen-bond donors (Lipinski definition) is 3. The standard InChI is InChI=1S/C28H30O5/c1-32-18-23-17-22(4-2-3-19-5-11-24(29)12-6-19)27(20-7-13-25(30)14-8-20)33-28(23)21-9-15-26(31)16-10-21/h2-3,5-16,22-23,27-31H,4,17-18H2,1H3/t22-,23+,27+,28-/m1/s1. The maximum atomic E-state index is 9.77. The molecule has 4 atom stereocenters. The van der Waals surface area contributed by atoms with E-state index in [9.17, 15) is 15.3 Å². The zero-order valence-corrected chi connectivity index (χ0v) is 18.7. The molecular formula is C28H30O5. The minimum absolute atomic E-state index is 0.151. The zero-order valence-electron chi connectivity index (χ0n) is 18.7. The first-order chi connectivity index (χ1) is 16.0. The maximum Gasteiger partial charge on any atom is 0.115 e. The van der Waals surface area contributed by atoms with Crippen LogP contribution in [0.15, 0.2) is 78.9 Å². The summed E-state index contributed by atoms with van der Waals surface area (Å²) in [6, 6.07) is 21.5. The van der Waals surface area contributed by atoms with Crippen molar-refractivity contribution < 1.29 is 24.8 Å². The van der Waals surface area contributed by atoms with Crippen molar-refractivity contribution in [2.45, 2.75) is 25.0 Å². The lowest BCUT2D eigenvalue weighted by atomic mass is 9.78. The molecule has 5 heteroatoms. The molecule has 1 fully saturated rings. The third kappa shape index (κ3) is 5.75. The summed E-state index contributed by atoms with van der Waals surface area (Å²) in [6.45, 7) is 0.575. The van der Waals surface area contributed by atoms with Crippen molar-refractivity contribution in [2.24, 2.45) is 11.8 Å². The quantitative estimate of drug-likeness (QED) is 0.416. The van der Waals surface area contributed by atoms with Gasteiger partial charge in [-0.15, -0.1) is 0 Å². The molecule has 0 bridgehead atoms. The Morgan fingerprint density at radius 1 is 0.758 bits per heavy atom. The molecule has 5 nitrogen and oxygen atoms in total. The van der Waals surface area contributed by atoms with Crippen LogP contribution in [0.25, 0.3) is 6.08 Å². The third-order valence-electron chi connectivity index (χ3n) is 6.22. The van der Waals surface area contributed by atoms with Gasteiger partial charge in [0, 0.05) is 13.0 Å². The van der Waals surface area contributed by atoms with E-state index in [1.54, 1.807) is 43.5 Å². The summed E-state index contributed by atoms with van der Waals surface area (Å²) in [5.41, 5.74) is 3.06. The highest BCUT2D eigenvalue weighted by Gasteiger charge is 2.39. The van der Waals surface area contributed by atoms with Gasteiger partial charge in [0.05, 0.1) is 18.8 Å². The summed E-state index contributed by atoms with van der Waals surface area (Å²) in [6.07, 6.45) is 5.62. The molecule has 0 spiro atoms. The second-order valence-corrected chi connectivity index (χ2v) is 8.60. The lowest BCUT2D eigenvalue weighted by molar-refractivity contribution is -0.133. The molecule has 3 aromatic rings. The second-order valence-electron chi connectivity index (χ2n) is 8.60. The average molecular weight is 447 g/mol. The highest BCUT2D eigenvalue weighted by atomic mass is 16.5. The van der Waals surface area contributed by atoms with E-state index in [1.165, 1.54) is 0 Å². The van der Waals surface area contributed by atoms with Crippen LogP contribution in [0.1, 0.15) is 41.7 Å². The minimum Gasteiger partial charge on any atom is -0.508 e. The smallest absolute Gasteiger partial charge is 0.115 e. The van der Waals surface area contributed by atoms with E-state index >= 15 is 0 Å². The molecule has 0 saturated carbocycles. The van der Waals surface area contributed by atoms with Gasteiger partial charge in [0.25, 0.3) is 0 Å². The first-order valence-electron chi connectivity index (χ1n) is 11.2. The molecule has 1 saturated heterocycles. The van der Waals surface area contributed by atoms with Gasteiger partial charge in [0.15, 0.2) is 0 Å². The van der Waals surface area contributed by atoms with Gasteiger partial charge in [0.2, 0.25) is 0 Å². The number of phenols is 3. The molecule has 3 N–H and O–H groups in total. The van der Waals surface area contributed by atoms with Gasteiger partial charge in [-0.25, -0.2) is 0 Å². The monoisotopic (exact) mass is 446 g/mol. The highest BCUT2D eigenvalue weighted by molar-refractivity contribution is 5.50. The van der Waals surface area contributed by atoms with Crippen molar-refractivity contribution in [3.63, 3.8) is 0 Å². The van der Waals surface area contributed by atoms with Crippen molar-refractivity contribution in [3.8, 4) is 17.2 Å². The number of aromatic hydroxyl groups is 3. The number of phenolic OH excluding ortho intramolecular Hbond substituents is 3. The Morgan fingerprint density at radius 2 is 1.24 bits per heavy atom. The normalized spacial score (nSPS) is 23.1. The van der Waals surface area contributed by atoms with Crippen LogP contribution in [0.3, 0.4) is 0 Å². The van der Waals surface area contributed by atoms with Crippen LogP contribution in [-0.4, -0.2) is 29.0 Å². The van der Waals surface area contributed by atoms with Crippen LogP contribution in [0.4, 0.5) is 0 Å². The fourth-order valence-corrected chi connectivity index (χ4v) is 4.60. The van der Waals surface area contributed by atoms with Crippen LogP contribution in [0.2, 0.25) is 0 Å². The molecule has 4 rings (SSSR count). The minimum atomic E-state index is -0.165. The average Bonchev–Trinajstić information content (AvgIpc) is 2.82. The molecule has 0 aliphatic carbocycles. The number of hydrogen-bond acceptors (Lipinski definition) is 5. The number of ether oxygens (including phenoxy) is 2. The van der Waals surface area contributed by atoms with Crippen LogP contribution in [0.5, 0.6) is 17.2 Å². The van der Waals surface area contributed by atoms with Gasteiger partial charge in [-0.3, -0.25) is 0 Å². The number of rotatable bonds is 7. The van der Waals surface area contributed by atoms with Crippen molar-refractivity contribution in [2.75, 3.05) is 13.7 Å². The van der Waals surface area contributed by atoms with E-state index in [2.05, 4.69) is 12.2 Å². The van der Waals surface area contributed by atoms with Crippen LogP contribution < -0.4 is 0 Å². The summed E-state index contributed by atoms with van der Waals surface area (Å²) in [7, 11) is 1.71. The predicted molar refractivity (Wildman–Crippen MR) is 128 cm³/mol. The fourth-order valence-electron chi connectivity index (χ4n) is 4.60. The first-order valence-corrected chi connectivity index (χ1v) is 11.2.